The predicted molar refractivity (Wildman–Crippen MR) is 121 cm³/mol. The average molecular weight is 456 g/mol. The first kappa shape index (κ1) is 24.1. The number of hydroxylamine groups is 1. The maximum Gasteiger partial charge on any atom is 0.431 e. The van der Waals surface area contributed by atoms with Crippen molar-refractivity contribution in [2.45, 2.75) is 32.3 Å². The van der Waals surface area contributed by atoms with E-state index in [1.54, 1.807) is 20.8 Å². The lowest BCUT2D eigenvalue weighted by molar-refractivity contribution is -0.128. The van der Waals surface area contributed by atoms with Crippen molar-refractivity contribution in [3.05, 3.63) is 59.7 Å². The van der Waals surface area contributed by atoms with Crippen molar-refractivity contribution in [1.82, 2.24) is 16.1 Å². The molecule has 0 bridgehead atoms. The molecule has 33 heavy (non-hydrogen) atoms. The monoisotopic (exact) mass is 455 g/mol. The highest BCUT2D eigenvalue weighted by molar-refractivity contribution is 5.79. The van der Waals surface area contributed by atoms with Crippen molar-refractivity contribution in [2.75, 3.05) is 26.3 Å². The first-order valence-electron chi connectivity index (χ1n) is 10.7. The van der Waals surface area contributed by atoms with Gasteiger partial charge in [0.2, 0.25) is 5.91 Å². The number of rotatable bonds is 8. The zero-order valence-corrected chi connectivity index (χ0v) is 19.0. The normalized spacial score (nSPS) is 12.3. The molecular weight excluding hydrogens is 426 g/mol. The fourth-order valence-corrected chi connectivity index (χ4v) is 3.53. The number of nitrogens with one attached hydrogen (secondary N) is 3. The number of carbonyl (C=O) groups excluding carboxylic acids is 3. The number of carbonyl (C=O) groups is 3. The van der Waals surface area contributed by atoms with Gasteiger partial charge >= 0.3 is 12.2 Å². The van der Waals surface area contributed by atoms with Gasteiger partial charge < -0.3 is 20.1 Å². The van der Waals surface area contributed by atoms with E-state index in [1.807, 2.05) is 29.7 Å². The van der Waals surface area contributed by atoms with E-state index in [1.165, 1.54) is 0 Å². The molecule has 3 N–H and O–H groups in total. The standard InChI is InChI=1S/C24H29N3O6/c1-24(2,3)33-23(30)27-32-15-21(28)25-12-13-26-22(29)31-14-20-18-10-6-4-8-16(18)17-9-5-7-11-19(17)20/h4-11,20H,12-15H2,1-3H3,(H,25,28)(H,26,29)(H,27,30). The minimum Gasteiger partial charge on any atom is -0.449 e. The number of alkyl carbamates (subject to hydrolysis) is 1. The number of fused-ring (bicyclic) bond motifs is 3. The molecule has 0 atom stereocenters. The fourth-order valence-electron chi connectivity index (χ4n) is 3.53. The number of benzene rings is 2. The Hall–Kier alpha value is -3.59. The number of hydrogen-bond acceptors (Lipinski definition) is 6. The molecule has 0 radical (unpaired) electrons. The molecule has 1 aliphatic carbocycles. The summed E-state index contributed by atoms with van der Waals surface area (Å²) in [6.07, 6.45) is -1.35. The molecule has 9 heteroatoms. The van der Waals surface area contributed by atoms with Crippen LogP contribution in [0.15, 0.2) is 48.5 Å². The Kier molecular flexibility index (Phi) is 7.89. The molecule has 0 aliphatic heterocycles. The molecule has 1 aliphatic rings. The second kappa shape index (κ2) is 10.8. The molecule has 0 fully saturated rings. The lowest BCUT2D eigenvalue weighted by Crippen LogP contribution is -2.39. The molecule has 0 heterocycles. The predicted octanol–water partition coefficient (Wildman–Crippen LogP) is 3.10. The Morgan fingerprint density at radius 1 is 0.848 bits per heavy atom. The minimum absolute atomic E-state index is 0.0162. The van der Waals surface area contributed by atoms with Crippen LogP contribution < -0.4 is 16.1 Å². The Morgan fingerprint density at radius 2 is 1.42 bits per heavy atom. The Labute approximate surface area is 192 Å². The van der Waals surface area contributed by atoms with Gasteiger partial charge in [-0.1, -0.05) is 48.5 Å². The van der Waals surface area contributed by atoms with E-state index in [4.69, 9.17) is 14.3 Å². The largest absolute Gasteiger partial charge is 0.449 e. The van der Waals surface area contributed by atoms with E-state index in [9.17, 15) is 14.4 Å². The first-order valence-corrected chi connectivity index (χ1v) is 10.7. The molecule has 0 saturated carbocycles. The molecule has 0 spiro atoms. The highest BCUT2D eigenvalue weighted by Gasteiger charge is 2.28. The minimum atomic E-state index is -0.785. The van der Waals surface area contributed by atoms with Crippen molar-refractivity contribution in [1.29, 1.82) is 0 Å². The van der Waals surface area contributed by atoms with Crippen molar-refractivity contribution in [3.8, 4) is 11.1 Å². The molecule has 2 aromatic carbocycles. The molecule has 3 amide bonds. The topological polar surface area (TPSA) is 115 Å². The van der Waals surface area contributed by atoms with Crippen LogP contribution >= 0.6 is 0 Å². The van der Waals surface area contributed by atoms with Crippen molar-refractivity contribution in [3.63, 3.8) is 0 Å². The number of amides is 3. The zero-order valence-electron chi connectivity index (χ0n) is 19.0. The fraction of sp³-hybridized carbons (Fsp3) is 0.375. The van der Waals surface area contributed by atoms with Gasteiger partial charge in [0.15, 0.2) is 6.61 Å². The first-order chi connectivity index (χ1) is 15.7. The maximum atomic E-state index is 12.1. The summed E-state index contributed by atoms with van der Waals surface area (Å²) in [5.74, 6) is -0.474. The quantitative estimate of drug-likeness (QED) is 0.416. The lowest BCUT2D eigenvalue weighted by Gasteiger charge is -2.19. The van der Waals surface area contributed by atoms with Crippen LogP contribution in [-0.4, -0.2) is 50.0 Å². The summed E-state index contributed by atoms with van der Waals surface area (Å²) in [5, 5.41) is 5.16. The summed E-state index contributed by atoms with van der Waals surface area (Å²) in [5.41, 5.74) is 5.95. The van der Waals surface area contributed by atoms with Gasteiger partial charge in [0.1, 0.15) is 12.2 Å². The number of hydrogen-bond donors (Lipinski definition) is 3. The SMILES string of the molecule is CC(C)(C)OC(=O)NOCC(=O)NCCNC(=O)OCC1c2ccccc2-c2ccccc21. The summed E-state index contributed by atoms with van der Waals surface area (Å²) >= 11 is 0. The molecule has 0 saturated heterocycles. The van der Waals surface area contributed by atoms with Gasteiger partial charge in [0, 0.05) is 19.0 Å². The lowest BCUT2D eigenvalue weighted by atomic mass is 9.98. The zero-order chi connectivity index (χ0) is 23.8. The van der Waals surface area contributed by atoms with Gasteiger partial charge in [0.05, 0.1) is 0 Å². The van der Waals surface area contributed by atoms with E-state index in [2.05, 4.69) is 34.9 Å². The molecule has 2 aromatic rings. The molecule has 176 valence electrons. The highest BCUT2D eigenvalue weighted by atomic mass is 16.7. The summed E-state index contributed by atoms with van der Waals surface area (Å²) in [7, 11) is 0. The van der Waals surface area contributed by atoms with Crippen LogP contribution in [0.3, 0.4) is 0 Å². The van der Waals surface area contributed by atoms with Crippen LogP contribution in [0.5, 0.6) is 0 Å². The van der Waals surface area contributed by atoms with E-state index in [-0.39, 0.29) is 32.2 Å². The van der Waals surface area contributed by atoms with Gasteiger partial charge in [-0.15, -0.1) is 0 Å². The summed E-state index contributed by atoms with van der Waals surface area (Å²) in [4.78, 5) is 40.0. The van der Waals surface area contributed by atoms with Crippen LogP contribution in [0.1, 0.15) is 37.8 Å². The Bertz CT molecular complexity index is 956. The summed E-state index contributed by atoms with van der Waals surface area (Å²) < 4.78 is 10.4. The van der Waals surface area contributed by atoms with Gasteiger partial charge in [-0.05, 0) is 43.0 Å². The van der Waals surface area contributed by atoms with Crippen LogP contribution in [0, 0.1) is 0 Å². The van der Waals surface area contributed by atoms with E-state index in [0.717, 1.165) is 22.3 Å². The van der Waals surface area contributed by atoms with Gasteiger partial charge in [-0.3, -0.25) is 9.63 Å². The summed E-state index contributed by atoms with van der Waals surface area (Å²) in [6, 6.07) is 16.2. The second-order valence-electron chi connectivity index (χ2n) is 8.49. The van der Waals surface area contributed by atoms with Crippen LogP contribution in [0.2, 0.25) is 0 Å². The molecule has 9 nitrogen and oxygen atoms in total. The third-order valence-corrected chi connectivity index (χ3v) is 4.82. The molecular formula is C24H29N3O6. The summed E-state index contributed by atoms with van der Waals surface area (Å²) in [6.45, 7) is 5.33. The average Bonchev–Trinajstić information content (AvgIpc) is 3.08. The third kappa shape index (κ3) is 6.95. The molecule has 0 aromatic heterocycles. The van der Waals surface area contributed by atoms with Crippen LogP contribution in [0.4, 0.5) is 9.59 Å². The van der Waals surface area contributed by atoms with Gasteiger partial charge in [-0.25, -0.2) is 9.59 Å². The Balaban J connectivity index is 1.33. The van der Waals surface area contributed by atoms with Crippen LogP contribution in [0.25, 0.3) is 11.1 Å². The number of ether oxygens (including phenoxy) is 2. The smallest absolute Gasteiger partial charge is 0.431 e. The van der Waals surface area contributed by atoms with Gasteiger partial charge in [-0.2, -0.15) is 5.48 Å². The van der Waals surface area contributed by atoms with E-state index < -0.39 is 23.7 Å². The van der Waals surface area contributed by atoms with Crippen LogP contribution in [-0.2, 0) is 19.1 Å². The second-order valence-corrected chi connectivity index (χ2v) is 8.49. The van der Waals surface area contributed by atoms with Crippen molar-refractivity contribution in [2.24, 2.45) is 0 Å². The van der Waals surface area contributed by atoms with Gasteiger partial charge in [0.25, 0.3) is 0 Å². The van der Waals surface area contributed by atoms with Crippen molar-refractivity contribution < 1.29 is 28.7 Å². The highest BCUT2D eigenvalue weighted by Crippen LogP contribution is 2.44. The van der Waals surface area contributed by atoms with Crippen molar-refractivity contribution >= 4 is 18.1 Å². The Morgan fingerprint density at radius 3 is 2.03 bits per heavy atom. The molecule has 0 unspecified atom stereocenters. The maximum absolute atomic E-state index is 12.1. The van der Waals surface area contributed by atoms with E-state index >= 15 is 0 Å². The molecule has 3 rings (SSSR count). The van der Waals surface area contributed by atoms with E-state index in [0.29, 0.717) is 0 Å². The third-order valence-electron chi connectivity index (χ3n) is 4.82.